The summed E-state index contributed by atoms with van der Waals surface area (Å²) in [5, 5.41) is 3.65. The molecule has 2 rings (SSSR count). The number of halogens is 4. The Labute approximate surface area is 104 Å². The highest BCUT2D eigenvalue weighted by Gasteiger charge is 2.35. The van der Waals surface area contributed by atoms with Gasteiger partial charge in [-0.3, -0.25) is 0 Å². The van der Waals surface area contributed by atoms with Crippen molar-refractivity contribution in [2.24, 2.45) is 0 Å². The van der Waals surface area contributed by atoms with Crippen LogP contribution in [0.5, 0.6) is 0 Å². The molecular formula is C9H10BrF3N4. The van der Waals surface area contributed by atoms with E-state index in [1.54, 1.807) is 0 Å². The number of hydrogen-bond donors (Lipinski definition) is 1. The molecule has 0 atom stereocenters. The molecule has 94 valence electrons. The lowest BCUT2D eigenvalue weighted by atomic mass is 10.3. The first-order chi connectivity index (χ1) is 7.91. The maximum absolute atomic E-state index is 12.6. The molecule has 2 aromatic rings. The number of nitrogens with zero attached hydrogens (tertiary/aromatic N) is 3. The topological polar surface area (TPSA) is 56.2 Å². The normalized spacial score (nSPS) is 11.2. The second-order valence-corrected chi connectivity index (χ2v) is 3.60. The van der Waals surface area contributed by atoms with Gasteiger partial charge in [0.2, 0.25) is 0 Å². The second kappa shape index (κ2) is 4.91. The molecule has 0 unspecified atom stereocenters. The molecule has 8 heteroatoms. The molecule has 0 bridgehead atoms. The summed E-state index contributed by atoms with van der Waals surface area (Å²) in [6.07, 6.45) is -3.39. The Balaban J connectivity index is 0.000000686. The lowest BCUT2D eigenvalue weighted by molar-refractivity contribution is -0.136. The molecule has 0 aliphatic carbocycles. The summed E-state index contributed by atoms with van der Waals surface area (Å²) in [5.74, 6) is -0.206. The average molecular weight is 311 g/mol. The van der Waals surface area contributed by atoms with Crippen LogP contribution >= 0.6 is 15.9 Å². The van der Waals surface area contributed by atoms with Gasteiger partial charge in [0.05, 0.1) is 5.56 Å². The van der Waals surface area contributed by atoms with Crippen LogP contribution in [-0.2, 0) is 6.18 Å². The number of nitrogens with two attached hydrogens (primary N) is 1. The molecule has 0 aromatic carbocycles. The minimum Gasteiger partial charge on any atom is -0.382 e. The Hall–Kier alpha value is -1.31. The lowest BCUT2D eigenvalue weighted by Crippen LogP contribution is -2.07. The first kappa shape index (κ1) is 13.8. The van der Waals surface area contributed by atoms with Crippen molar-refractivity contribution >= 4 is 27.3 Å². The van der Waals surface area contributed by atoms with Crippen molar-refractivity contribution in [2.75, 3.05) is 5.73 Å². The quantitative estimate of drug-likeness (QED) is 0.813. The monoisotopic (exact) mass is 310 g/mol. The zero-order valence-corrected chi connectivity index (χ0v) is 10.7. The van der Waals surface area contributed by atoms with Crippen LogP contribution in [0.4, 0.5) is 19.0 Å². The van der Waals surface area contributed by atoms with E-state index >= 15 is 0 Å². The van der Waals surface area contributed by atoms with Crippen LogP contribution in [-0.4, -0.2) is 14.6 Å². The highest BCUT2D eigenvalue weighted by atomic mass is 79.9. The molecular weight excluding hydrogens is 301 g/mol. The van der Waals surface area contributed by atoms with Crippen molar-refractivity contribution in [2.45, 2.75) is 20.0 Å². The molecule has 4 nitrogen and oxygen atoms in total. The van der Waals surface area contributed by atoms with E-state index in [0.29, 0.717) is 0 Å². The van der Waals surface area contributed by atoms with E-state index in [0.717, 1.165) is 16.9 Å². The fourth-order valence-corrected chi connectivity index (χ4v) is 1.74. The van der Waals surface area contributed by atoms with Crippen molar-refractivity contribution in [1.29, 1.82) is 0 Å². The number of hydrogen-bond acceptors (Lipinski definition) is 3. The number of fused-ring (bicyclic) bond motifs is 1. The van der Waals surface area contributed by atoms with E-state index in [4.69, 9.17) is 5.73 Å². The lowest BCUT2D eigenvalue weighted by Gasteiger charge is -2.05. The predicted molar refractivity (Wildman–Crippen MR) is 61.4 cm³/mol. The van der Waals surface area contributed by atoms with Gasteiger partial charge in [-0.15, -0.1) is 0 Å². The first-order valence-electron chi connectivity index (χ1n) is 4.76. The van der Waals surface area contributed by atoms with Crippen LogP contribution in [0.25, 0.3) is 5.52 Å². The molecule has 0 aliphatic heterocycles. The predicted octanol–water partition coefficient (Wildman–Crippen LogP) is 3.12. The number of nitrogen functional groups attached to an aromatic ring is 1. The largest absolute Gasteiger partial charge is 0.418 e. The van der Waals surface area contributed by atoms with Gasteiger partial charge in [-0.1, -0.05) is 13.8 Å². The van der Waals surface area contributed by atoms with Gasteiger partial charge in [-0.2, -0.15) is 18.3 Å². The SMILES string of the molecule is CC.Nc1ncnn2c(Br)cc(C(F)(F)F)c12. The zero-order valence-electron chi connectivity index (χ0n) is 9.09. The highest BCUT2D eigenvalue weighted by molar-refractivity contribution is 9.10. The van der Waals surface area contributed by atoms with E-state index in [-0.39, 0.29) is 15.9 Å². The molecule has 0 aliphatic rings. The van der Waals surface area contributed by atoms with Crippen LogP contribution in [0.3, 0.4) is 0 Å². The van der Waals surface area contributed by atoms with Crippen LogP contribution in [0.15, 0.2) is 17.0 Å². The van der Waals surface area contributed by atoms with E-state index in [2.05, 4.69) is 26.0 Å². The van der Waals surface area contributed by atoms with Crippen LogP contribution in [0, 0.1) is 0 Å². The number of alkyl halides is 3. The minimum absolute atomic E-state index is 0.180. The summed E-state index contributed by atoms with van der Waals surface area (Å²) < 4.78 is 38.9. The third kappa shape index (κ3) is 2.51. The number of rotatable bonds is 0. The Morgan fingerprint density at radius 1 is 1.35 bits per heavy atom. The van der Waals surface area contributed by atoms with E-state index < -0.39 is 11.7 Å². The van der Waals surface area contributed by atoms with Crippen LogP contribution < -0.4 is 5.73 Å². The highest BCUT2D eigenvalue weighted by Crippen LogP contribution is 2.36. The molecule has 17 heavy (non-hydrogen) atoms. The molecule has 2 heterocycles. The van der Waals surface area contributed by atoms with Crippen molar-refractivity contribution < 1.29 is 13.2 Å². The van der Waals surface area contributed by atoms with E-state index in [9.17, 15) is 13.2 Å². The molecule has 2 aromatic heterocycles. The molecule has 0 saturated heterocycles. The van der Waals surface area contributed by atoms with Gasteiger partial charge < -0.3 is 5.73 Å². The fraction of sp³-hybridized carbons (Fsp3) is 0.333. The third-order valence-electron chi connectivity index (χ3n) is 1.84. The first-order valence-corrected chi connectivity index (χ1v) is 5.55. The van der Waals surface area contributed by atoms with Crippen LogP contribution in [0.2, 0.25) is 0 Å². The Bertz CT molecular complexity index is 521. The summed E-state index contributed by atoms with van der Waals surface area (Å²) in [5.41, 5.74) is 4.28. The third-order valence-corrected chi connectivity index (χ3v) is 2.41. The summed E-state index contributed by atoms with van der Waals surface area (Å²) in [4.78, 5) is 3.52. The minimum atomic E-state index is -4.48. The van der Waals surface area contributed by atoms with Crippen molar-refractivity contribution in [3.05, 3.63) is 22.6 Å². The van der Waals surface area contributed by atoms with Gasteiger partial charge in [0.25, 0.3) is 0 Å². The van der Waals surface area contributed by atoms with Gasteiger partial charge >= 0.3 is 6.18 Å². The second-order valence-electron chi connectivity index (χ2n) is 2.78. The average Bonchev–Trinajstić information content (AvgIpc) is 2.61. The molecule has 2 N–H and O–H groups in total. The maximum atomic E-state index is 12.6. The van der Waals surface area contributed by atoms with Gasteiger partial charge in [0, 0.05) is 0 Å². The fourth-order valence-electron chi connectivity index (χ4n) is 1.25. The van der Waals surface area contributed by atoms with Gasteiger partial charge in [-0.25, -0.2) is 9.50 Å². The number of aromatic nitrogens is 3. The van der Waals surface area contributed by atoms with Gasteiger partial charge in [0.1, 0.15) is 16.4 Å². The van der Waals surface area contributed by atoms with Gasteiger partial charge in [-0.05, 0) is 22.0 Å². The molecule has 0 radical (unpaired) electrons. The Morgan fingerprint density at radius 2 is 1.94 bits per heavy atom. The summed E-state index contributed by atoms with van der Waals surface area (Å²) in [7, 11) is 0. The van der Waals surface area contributed by atoms with Crippen molar-refractivity contribution in [3.63, 3.8) is 0 Å². The van der Waals surface area contributed by atoms with Crippen molar-refractivity contribution in [3.8, 4) is 0 Å². The molecule has 0 saturated carbocycles. The summed E-state index contributed by atoms with van der Waals surface area (Å²) in [6.45, 7) is 4.00. The molecule has 0 amide bonds. The smallest absolute Gasteiger partial charge is 0.382 e. The summed E-state index contributed by atoms with van der Waals surface area (Å²) in [6, 6.07) is 0.917. The Morgan fingerprint density at radius 3 is 2.47 bits per heavy atom. The molecule has 0 spiro atoms. The van der Waals surface area contributed by atoms with Crippen molar-refractivity contribution in [1.82, 2.24) is 14.6 Å². The standard InChI is InChI=1S/C7H4BrF3N4.C2H6/c8-4-1-3(7(9,10)11)5-6(12)13-2-14-15(4)5;1-2/h1-2H,(H2,12,13,14);1-2H3. The molecule has 0 fully saturated rings. The van der Waals surface area contributed by atoms with E-state index in [1.165, 1.54) is 0 Å². The number of anilines is 1. The summed E-state index contributed by atoms with van der Waals surface area (Å²) >= 11 is 2.96. The Kier molecular flexibility index (Phi) is 3.97. The van der Waals surface area contributed by atoms with Crippen LogP contribution in [0.1, 0.15) is 19.4 Å². The maximum Gasteiger partial charge on any atom is 0.418 e. The van der Waals surface area contributed by atoms with Gasteiger partial charge in [0.15, 0.2) is 5.82 Å². The zero-order chi connectivity index (χ0) is 13.2. The van der Waals surface area contributed by atoms with E-state index in [1.807, 2.05) is 13.8 Å².